The summed E-state index contributed by atoms with van der Waals surface area (Å²) in [7, 11) is 0. The van der Waals surface area contributed by atoms with Crippen LogP contribution in [-0.4, -0.2) is 24.2 Å². The van der Waals surface area contributed by atoms with Gasteiger partial charge in [-0.25, -0.2) is 14.6 Å². The summed E-state index contributed by atoms with van der Waals surface area (Å²) in [6.45, 7) is 6.49. The number of hydrogen-bond donors (Lipinski definition) is 0. The van der Waals surface area contributed by atoms with E-state index in [0.717, 1.165) is 19.3 Å². The normalized spacial score (nSPS) is 38.3. The molecule has 1 rings (SSSR count). The highest BCUT2D eigenvalue weighted by molar-refractivity contribution is 5.36. The van der Waals surface area contributed by atoms with Gasteiger partial charge in [0.25, 0.3) is 0 Å². The van der Waals surface area contributed by atoms with Crippen molar-refractivity contribution in [1.29, 1.82) is 0 Å². The highest BCUT2D eigenvalue weighted by atomic mass is 16.1. The Kier molecular flexibility index (Phi) is 3.79. The molecule has 0 radical (unpaired) electrons. The molecular weight excluding hydrogens is 204 g/mol. The van der Waals surface area contributed by atoms with Crippen LogP contribution in [0.3, 0.4) is 0 Å². The van der Waals surface area contributed by atoms with E-state index >= 15 is 0 Å². The number of hydrogen-bond acceptors (Lipinski definition) is 4. The largest absolute Gasteiger partial charge is 0.235 e. The van der Waals surface area contributed by atoms with Crippen LogP contribution in [0.2, 0.25) is 0 Å². The van der Waals surface area contributed by atoms with Crippen molar-refractivity contribution in [3.05, 3.63) is 0 Å². The minimum Gasteiger partial charge on any atom is -0.211 e. The molecule has 0 aliphatic heterocycles. The van der Waals surface area contributed by atoms with E-state index in [4.69, 9.17) is 0 Å². The van der Waals surface area contributed by atoms with E-state index in [9.17, 15) is 9.59 Å². The molecule has 1 aliphatic carbocycles. The molecule has 3 atom stereocenters. The molecule has 0 amide bonds. The molecule has 0 saturated heterocycles. The van der Waals surface area contributed by atoms with E-state index in [2.05, 4.69) is 16.9 Å². The van der Waals surface area contributed by atoms with Gasteiger partial charge in [0, 0.05) is 5.41 Å². The number of rotatable bonds is 3. The number of nitrogens with zero attached hydrogens (tertiary/aromatic N) is 2. The van der Waals surface area contributed by atoms with Crippen molar-refractivity contribution >= 4 is 12.2 Å². The molecule has 4 heteroatoms. The van der Waals surface area contributed by atoms with Crippen molar-refractivity contribution < 1.29 is 9.59 Å². The maximum atomic E-state index is 10.5. The molecule has 88 valence electrons. The molecule has 0 aromatic heterocycles. The monoisotopic (exact) mass is 222 g/mol. The van der Waals surface area contributed by atoms with E-state index in [0.29, 0.717) is 12.5 Å². The Labute approximate surface area is 95.9 Å². The Morgan fingerprint density at radius 3 is 2.56 bits per heavy atom. The first-order valence-corrected chi connectivity index (χ1v) is 5.63. The maximum Gasteiger partial charge on any atom is 0.235 e. The summed E-state index contributed by atoms with van der Waals surface area (Å²) in [5.41, 5.74) is -0.729. The zero-order valence-corrected chi connectivity index (χ0v) is 10.1. The molecule has 4 nitrogen and oxygen atoms in total. The van der Waals surface area contributed by atoms with Gasteiger partial charge in [-0.3, -0.25) is 0 Å². The molecule has 0 heterocycles. The first-order valence-electron chi connectivity index (χ1n) is 5.63. The quantitative estimate of drug-likeness (QED) is 0.543. The van der Waals surface area contributed by atoms with E-state index in [1.807, 2.05) is 13.8 Å². The third kappa shape index (κ3) is 1.99. The van der Waals surface area contributed by atoms with Crippen LogP contribution in [0.25, 0.3) is 0 Å². The number of isocyanates is 2. The molecule has 0 unspecified atom stereocenters. The van der Waals surface area contributed by atoms with Crippen LogP contribution >= 0.6 is 0 Å². The molecule has 1 aliphatic rings. The van der Waals surface area contributed by atoms with Crippen molar-refractivity contribution in [3.8, 4) is 0 Å². The molecule has 0 N–H and O–H groups in total. The Balaban J connectivity index is 3.12. The molecule has 16 heavy (non-hydrogen) atoms. The average molecular weight is 222 g/mol. The number of aliphatic imine (C=N–C) groups is 2. The topological polar surface area (TPSA) is 58.9 Å². The van der Waals surface area contributed by atoms with E-state index in [-0.39, 0.29) is 5.41 Å². The SMILES string of the molecule is C[C@H]1CCC[C@](C)(N=C=O)[C@]1(C)CN=C=O. The van der Waals surface area contributed by atoms with Crippen molar-refractivity contribution in [2.75, 3.05) is 6.54 Å². The third-order valence-corrected chi connectivity index (χ3v) is 4.38. The second kappa shape index (κ2) is 4.73. The highest BCUT2D eigenvalue weighted by Gasteiger charge is 2.50. The van der Waals surface area contributed by atoms with Crippen LogP contribution in [0.15, 0.2) is 9.98 Å². The van der Waals surface area contributed by atoms with E-state index in [1.165, 1.54) is 0 Å². The Morgan fingerprint density at radius 1 is 1.31 bits per heavy atom. The van der Waals surface area contributed by atoms with Crippen molar-refractivity contribution in [3.63, 3.8) is 0 Å². The molecule has 0 aromatic carbocycles. The van der Waals surface area contributed by atoms with Crippen molar-refractivity contribution in [2.45, 2.75) is 45.6 Å². The van der Waals surface area contributed by atoms with Crippen LogP contribution in [0.4, 0.5) is 0 Å². The predicted molar refractivity (Wildman–Crippen MR) is 60.6 cm³/mol. The average Bonchev–Trinajstić information content (AvgIpc) is 2.24. The second-order valence-corrected chi connectivity index (χ2v) is 5.10. The van der Waals surface area contributed by atoms with Crippen LogP contribution in [0, 0.1) is 11.3 Å². The fourth-order valence-electron chi connectivity index (χ4n) is 2.69. The molecular formula is C12H18N2O2. The van der Waals surface area contributed by atoms with Gasteiger partial charge in [0.2, 0.25) is 12.2 Å². The standard InChI is InChI=1S/C12H18N2O2/c1-10-5-4-6-12(3,14-9-16)11(10,2)7-13-8-15/h10H,4-7H2,1-3H3/t10-,11+,12-/m0/s1. The van der Waals surface area contributed by atoms with Crippen molar-refractivity contribution in [1.82, 2.24) is 0 Å². The first-order chi connectivity index (χ1) is 7.50. The van der Waals surface area contributed by atoms with Crippen LogP contribution in [0.1, 0.15) is 40.0 Å². The fraction of sp³-hybridized carbons (Fsp3) is 0.833. The summed E-state index contributed by atoms with van der Waals surface area (Å²) < 4.78 is 0. The molecule has 1 saturated carbocycles. The second-order valence-electron chi connectivity index (χ2n) is 5.10. The van der Waals surface area contributed by atoms with Gasteiger partial charge in [0.1, 0.15) is 0 Å². The lowest BCUT2D eigenvalue weighted by molar-refractivity contribution is 0.0461. The third-order valence-electron chi connectivity index (χ3n) is 4.38. The van der Waals surface area contributed by atoms with E-state index in [1.54, 1.807) is 12.2 Å². The molecule has 1 fully saturated rings. The van der Waals surface area contributed by atoms with Gasteiger partial charge in [-0.1, -0.05) is 20.3 Å². The Hall–Kier alpha value is -1.24. The van der Waals surface area contributed by atoms with Gasteiger partial charge >= 0.3 is 0 Å². The summed E-state index contributed by atoms with van der Waals surface area (Å²) in [4.78, 5) is 28.5. The molecule has 0 aromatic rings. The van der Waals surface area contributed by atoms with Crippen LogP contribution < -0.4 is 0 Å². The summed E-state index contributed by atoms with van der Waals surface area (Å²) >= 11 is 0. The zero-order valence-electron chi connectivity index (χ0n) is 10.1. The highest BCUT2D eigenvalue weighted by Crippen LogP contribution is 2.49. The lowest BCUT2D eigenvalue weighted by Crippen LogP contribution is -2.51. The Bertz CT molecular complexity index is 356. The summed E-state index contributed by atoms with van der Waals surface area (Å²) in [5, 5.41) is 0. The predicted octanol–water partition coefficient (Wildman–Crippen LogP) is 2.24. The fourth-order valence-corrected chi connectivity index (χ4v) is 2.69. The minimum absolute atomic E-state index is 0.264. The smallest absolute Gasteiger partial charge is 0.211 e. The lowest BCUT2D eigenvalue weighted by atomic mass is 9.58. The maximum absolute atomic E-state index is 10.5. The van der Waals surface area contributed by atoms with Gasteiger partial charge in [0.05, 0.1) is 12.1 Å². The number of carbonyl (C=O) groups excluding carboxylic acids is 2. The van der Waals surface area contributed by atoms with Gasteiger partial charge in [0.15, 0.2) is 0 Å². The van der Waals surface area contributed by atoms with E-state index < -0.39 is 5.54 Å². The minimum atomic E-state index is -0.466. The van der Waals surface area contributed by atoms with Crippen molar-refractivity contribution in [2.24, 2.45) is 21.3 Å². The molecule has 0 spiro atoms. The Morgan fingerprint density at radius 2 is 2.00 bits per heavy atom. The lowest BCUT2D eigenvalue weighted by Gasteiger charge is -2.49. The molecule has 0 bridgehead atoms. The van der Waals surface area contributed by atoms with Gasteiger partial charge in [-0.15, -0.1) is 0 Å². The summed E-state index contributed by atoms with van der Waals surface area (Å²) in [5.74, 6) is 0.375. The first kappa shape index (κ1) is 12.8. The van der Waals surface area contributed by atoms with Crippen LogP contribution in [-0.2, 0) is 9.59 Å². The van der Waals surface area contributed by atoms with Gasteiger partial charge in [-0.2, -0.15) is 4.99 Å². The van der Waals surface area contributed by atoms with Gasteiger partial charge < -0.3 is 0 Å². The van der Waals surface area contributed by atoms with Gasteiger partial charge in [-0.05, 0) is 25.7 Å². The zero-order chi connectivity index (χ0) is 12.2. The summed E-state index contributed by atoms with van der Waals surface area (Å²) in [6.07, 6.45) is 6.21. The van der Waals surface area contributed by atoms with Crippen LogP contribution in [0.5, 0.6) is 0 Å². The summed E-state index contributed by atoms with van der Waals surface area (Å²) in [6, 6.07) is 0.